The fourth-order valence-corrected chi connectivity index (χ4v) is 4.67. The van der Waals surface area contributed by atoms with Gasteiger partial charge in [-0.05, 0) is 43.3 Å². The molecule has 0 N–H and O–H groups in total. The molecule has 27 heavy (non-hydrogen) atoms. The van der Waals surface area contributed by atoms with Crippen molar-refractivity contribution in [3.05, 3.63) is 58.6 Å². The SMILES string of the molecule is CCOc1ccccc1C(=O)N1CCN(S(=O)(=O)c2ccc(Br)cc2)CC1. The van der Waals surface area contributed by atoms with Crippen LogP contribution in [0.3, 0.4) is 0 Å². The minimum atomic E-state index is -3.56. The van der Waals surface area contributed by atoms with Gasteiger partial charge in [0.1, 0.15) is 5.75 Å². The van der Waals surface area contributed by atoms with Gasteiger partial charge in [-0.3, -0.25) is 4.79 Å². The lowest BCUT2D eigenvalue weighted by Gasteiger charge is -2.34. The van der Waals surface area contributed by atoms with Gasteiger partial charge in [0.15, 0.2) is 0 Å². The maximum absolute atomic E-state index is 12.8. The van der Waals surface area contributed by atoms with Gasteiger partial charge >= 0.3 is 0 Å². The Kier molecular flexibility index (Phi) is 6.18. The lowest BCUT2D eigenvalue weighted by molar-refractivity contribution is 0.0693. The topological polar surface area (TPSA) is 66.9 Å². The van der Waals surface area contributed by atoms with Crippen molar-refractivity contribution in [1.82, 2.24) is 9.21 Å². The van der Waals surface area contributed by atoms with E-state index in [0.29, 0.717) is 31.0 Å². The zero-order valence-corrected chi connectivity index (χ0v) is 17.4. The van der Waals surface area contributed by atoms with Gasteiger partial charge in [-0.1, -0.05) is 28.1 Å². The summed E-state index contributed by atoms with van der Waals surface area (Å²) in [6, 6.07) is 13.7. The van der Waals surface area contributed by atoms with Gasteiger partial charge in [-0.25, -0.2) is 8.42 Å². The number of hydrogen-bond acceptors (Lipinski definition) is 4. The predicted molar refractivity (Wildman–Crippen MR) is 106 cm³/mol. The average molecular weight is 453 g/mol. The third-order valence-electron chi connectivity index (χ3n) is 4.39. The molecule has 1 amide bonds. The molecule has 0 radical (unpaired) electrons. The number of amides is 1. The number of piperazine rings is 1. The number of ether oxygens (including phenoxy) is 1. The summed E-state index contributed by atoms with van der Waals surface area (Å²) in [4.78, 5) is 14.8. The summed E-state index contributed by atoms with van der Waals surface area (Å²) in [7, 11) is -3.56. The average Bonchev–Trinajstić information content (AvgIpc) is 2.68. The molecule has 2 aromatic carbocycles. The molecule has 8 heteroatoms. The molecule has 144 valence electrons. The van der Waals surface area contributed by atoms with Gasteiger partial charge in [0.25, 0.3) is 5.91 Å². The number of carbonyl (C=O) groups is 1. The molecule has 0 aromatic heterocycles. The van der Waals surface area contributed by atoms with Gasteiger partial charge in [0, 0.05) is 30.7 Å². The number of nitrogens with zero attached hydrogens (tertiary/aromatic N) is 2. The van der Waals surface area contributed by atoms with Crippen LogP contribution in [0.25, 0.3) is 0 Å². The Balaban J connectivity index is 1.70. The van der Waals surface area contributed by atoms with Crippen LogP contribution in [0, 0.1) is 0 Å². The Morgan fingerprint density at radius 1 is 1.04 bits per heavy atom. The van der Waals surface area contributed by atoms with Crippen LogP contribution in [0.15, 0.2) is 57.9 Å². The van der Waals surface area contributed by atoms with Gasteiger partial charge < -0.3 is 9.64 Å². The van der Waals surface area contributed by atoms with Crippen LogP contribution < -0.4 is 4.74 Å². The minimum Gasteiger partial charge on any atom is -0.493 e. The molecule has 1 fully saturated rings. The minimum absolute atomic E-state index is 0.139. The largest absolute Gasteiger partial charge is 0.493 e. The smallest absolute Gasteiger partial charge is 0.257 e. The predicted octanol–water partition coefficient (Wildman–Crippen LogP) is 2.99. The fourth-order valence-electron chi connectivity index (χ4n) is 2.98. The summed E-state index contributed by atoms with van der Waals surface area (Å²) in [6.07, 6.45) is 0. The normalized spacial score (nSPS) is 15.6. The van der Waals surface area contributed by atoms with E-state index in [-0.39, 0.29) is 23.9 Å². The zero-order valence-electron chi connectivity index (χ0n) is 15.0. The Hall–Kier alpha value is -1.90. The summed E-state index contributed by atoms with van der Waals surface area (Å²) in [6.45, 7) is 3.56. The second-order valence-electron chi connectivity index (χ2n) is 6.08. The van der Waals surface area contributed by atoms with E-state index in [1.165, 1.54) is 4.31 Å². The van der Waals surface area contributed by atoms with E-state index >= 15 is 0 Å². The maximum Gasteiger partial charge on any atom is 0.257 e. The third kappa shape index (κ3) is 4.34. The third-order valence-corrected chi connectivity index (χ3v) is 6.84. The zero-order chi connectivity index (χ0) is 19.4. The fraction of sp³-hybridized carbons (Fsp3) is 0.316. The number of carbonyl (C=O) groups excluding carboxylic acids is 1. The van der Waals surface area contributed by atoms with Crippen LogP contribution in [0.4, 0.5) is 0 Å². The van der Waals surface area contributed by atoms with Crippen molar-refractivity contribution in [3.63, 3.8) is 0 Å². The molecule has 1 aliphatic rings. The second-order valence-corrected chi connectivity index (χ2v) is 8.93. The van der Waals surface area contributed by atoms with Crippen molar-refractivity contribution in [2.45, 2.75) is 11.8 Å². The molecule has 0 saturated carbocycles. The van der Waals surface area contributed by atoms with Gasteiger partial charge in [-0.15, -0.1) is 0 Å². The van der Waals surface area contributed by atoms with Crippen LogP contribution in [0.5, 0.6) is 5.75 Å². The van der Waals surface area contributed by atoms with Crippen LogP contribution in [-0.2, 0) is 10.0 Å². The quantitative estimate of drug-likeness (QED) is 0.698. The van der Waals surface area contributed by atoms with Crippen LogP contribution in [0.2, 0.25) is 0 Å². The number of rotatable bonds is 5. The van der Waals surface area contributed by atoms with Crippen molar-refractivity contribution in [1.29, 1.82) is 0 Å². The van der Waals surface area contributed by atoms with Gasteiger partial charge in [0.2, 0.25) is 10.0 Å². The highest BCUT2D eigenvalue weighted by atomic mass is 79.9. The van der Waals surface area contributed by atoms with E-state index in [4.69, 9.17) is 4.74 Å². The maximum atomic E-state index is 12.8. The van der Waals surface area contributed by atoms with E-state index in [2.05, 4.69) is 15.9 Å². The first-order valence-electron chi connectivity index (χ1n) is 8.70. The summed E-state index contributed by atoms with van der Waals surface area (Å²) >= 11 is 3.31. The number of halogens is 1. The van der Waals surface area contributed by atoms with Crippen LogP contribution >= 0.6 is 15.9 Å². The van der Waals surface area contributed by atoms with Crippen LogP contribution in [0.1, 0.15) is 17.3 Å². The molecule has 0 aliphatic carbocycles. The number of para-hydroxylation sites is 1. The van der Waals surface area contributed by atoms with Crippen molar-refractivity contribution in [2.75, 3.05) is 32.8 Å². The number of sulfonamides is 1. The first-order chi connectivity index (χ1) is 12.9. The molecule has 0 unspecified atom stereocenters. The lowest BCUT2D eigenvalue weighted by atomic mass is 10.1. The molecule has 6 nitrogen and oxygen atoms in total. The van der Waals surface area contributed by atoms with Crippen molar-refractivity contribution < 1.29 is 17.9 Å². The molecule has 0 bridgehead atoms. The summed E-state index contributed by atoms with van der Waals surface area (Å²) in [5, 5.41) is 0. The molecular formula is C19H21BrN2O4S. The monoisotopic (exact) mass is 452 g/mol. The van der Waals surface area contributed by atoms with E-state index in [0.717, 1.165) is 4.47 Å². The molecule has 1 heterocycles. The summed E-state index contributed by atoms with van der Waals surface area (Å²) in [5.41, 5.74) is 0.503. The molecule has 3 rings (SSSR count). The molecule has 0 spiro atoms. The van der Waals surface area contributed by atoms with Crippen molar-refractivity contribution in [2.24, 2.45) is 0 Å². The Morgan fingerprint density at radius 3 is 2.30 bits per heavy atom. The first-order valence-corrected chi connectivity index (χ1v) is 10.9. The summed E-state index contributed by atoms with van der Waals surface area (Å²) < 4.78 is 33.3. The van der Waals surface area contributed by atoms with Gasteiger partial charge in [-0.2, -0.15) is 4.31 Å². The molecule has 2 aromatic rings. The molecule has 0 atom stereocenters. The van der Waals surface area contributed by atoms with E-state index < -0.39 is 10.0 Å². The highest BCUT2D eigenvalue weighted by molar-refractivity contribution is 9.10. The number of benzene rings is 2. The van der Waals surface area contributed by atoms with E-state index in [1.54, 1.807) is 47.4 Å². The van der Waals surface area contributed by atoms with Gasteiger partial charge in [0.05, 0.1) is 17.1 Å². The highest BCUT2D eigenvalue weighted by Gasteiger charge is 2.31. The summed E-state index contributed by atoms with van der Waals surface area (Å²) in [5.74, 6) is 0.412. The number of hydrogen-bond donors (Lipinski definition) is 0. The molecular weight excluding hydrogens is 432 g/mol. The highest BCUT2D eigenvalue weighted by Crippen LogP contribution is 2.23. The molecule has 1 saturated heterocycles. The molecule has 1 aliphatic heterocycles. The first kappa shape index (κ1) is 19.9. The van der Waals surface area contributed by atoms with Crippen LogP contribution in [-0.4, -0.2) is 56.3 Å². The second kappa shape index (κ2) is 8.41. The Morgan fingerprint density at radius 2 is 1.67 bits per heavy atom. The van der Waals surface area contributed by atoms with Crippen molar-refractivity contribution in [3.8, 4) is 5.75 Å². The standard InChI is InChI=1S/C19H21BrN2O4S/c1-2-26-18-6-4-3-5-17(18)19(23)21-11-13-22(14-12-21)27(24,25)16-9-7-15(20)8-10-16/h3-10H,2,11-14H2,1H3. The Bertz CT molecular complexity index is 908. The van der Waals surface area contributed by atoms with E-state index in [9.17, 15) is 13.2 Å². The lowest BCUT2D eigenvalue weighted by Crippen LogP contribution is -2.50. The van der Waals surface area contributed by atoms with E-state index in [1.807, 2.05) is 13.0 Å². The Labute approximate surface area is 167 Å². The van der Waals surface area contributed by atoms with Crippen molar-refractivity contribution >= 4 is 31.9 Å².